The van der Waals surface area contributed by atoms with E-state index in [4.69, 9.17) is 9.47 Å². The van der Waals surface area contributed by atoms with Gasteiger partial charge in [-0.05, 0) is 122 Å². The first-order chi connectivity index (χ1) is 19.9. The molecule has 4 bridgehead atoms. The van der Waals surface area contributed by atoms with Gasteiger partial charge in [-0.1, -0.05) is 29.8 Å². The van der Waals surface area contributed by atoms with Crippen molar-refractivity contribution in [3.63, 3.8) is 0 Å². The third kappa shape index (κ3) is 5.99. The van der Waals surface area contributed by atoms with Gasteiger partial charge in [-0.2, -0.15) is 5.10 Å². The van der Waals surface area contributed by atoms with E-state index in [1.807, 2.05) is 31.2 Å². The minimum Gasteiger partial charge on any atom is -0.493 e. The lowest BCUT2D eigenvalue weighted by atomic mass is 9.48. The topological polar surface area (TPSA) is 89.0 Å². The molecule has 2 amide bonds. The van der Waals surface area contributed by atoms with Crippen LogP contribution >= 0.6 is 0 Å². The van der Waals surface area contributed by atoms with Crippen molar-refractivity contribution in [1.82, 2.24) is 5.43 Å². The minimum atomic E-state index is -0.290. The SMILES string of the molecule is COc1cc(/C=N/NC(=O)c2ccc(C)cc2)ccc1OCC(=O)Nc1ccc(C23CC4CC(CC(C4)C2)C3)cc1. The number of benzene rings is 3. The molecule has 0 unspecified atom stereocenters. The second-order valence-electron chi connectivity index (χ2n) is 12.1. The molecule has 0 saturated heterocycles. The Kier molecular flexibility index (Phi) is 7.52. The molecule has 0 atom stereocenters. The highest BCUT2D eigenvalue weighted by Crippen LogP contribution is 2.60. The number of amides is 2. The van der Waals surface area contributed by atoms with Crippen molar-refractivity contribution in [1.29, 1.82) is 0 Å². The number of methoxy groups -OCH3 is 1. The largest absolute Gasteiger partial charge is 0.493 e. The molecule has 0 aromatic heterocycles. The number of hydrogen-bond acceptors (Lipinski definition) is 5. The maximum atomic E-state index is 12.7. The molecule has 4 aliphatic rings. The van der Waals surface area contributed by atoms with Gasteiger partial charge in [0.15, 0.2) is 18.1 Å². The van der Waals surface area contributed by atoms with Gasteiger partial charge < -0.3 is 14.8 Å². The Morgan fingerprint density at radius 1 is 0.902 bits per heavy atom. The van der Waals surface area contributed by atoms with Gasteiger partial charge >= 0.3 is 0 Å². The smallest absolute Gasteiger partial charge is 0.271 e. The molecule has 3 aromatic rings. The number of carbonyl (C=O) groups is 2. The molecule has 3 aromatic carbocycles. The summed E-state index contributed by atoms with van der Waals surface area (Å²) in [6, 6.07) is 21.0. The second-order valence-corrected chi connectivity index (χ2v) is 12.1. The van der Waals surface area contributed by atoms with E-state index in [0.717, 1.165) is 29.0 Å². The molecule has 0 aliphatic heterocycles. The molecule has 0 spiro atoms. The summed E-state index contributed by atoms with van der Waals surface area (Å²) < 4.78 is 11.2. The van der Waals surface area contributed by atoms with Gasteiger partial charge in [-0.3, -0.25) is 9.59 Å². The predicted molar refractivity (Wildman–Crippen MR) is 160 cm³/mol. The minimum absolute atomic E-state index is 0.146. The Morgan fingerprint density at radius 3 is 2.20 bits per heavy atom. The van der Waals surface area contributed by atoms with Gasteiger partial charge in [0.1, 0.15) is 0 Å². The molecule has 7 heteroatoms. The number of carbonyl (C=O) groups excluding carboxylic acids is 2. The third-order valence-electron chi connectivity index (χ3n) is 9.06. The zero-order valence-corrected chi connectivity index (χ0v) is 23.7. The summed E-state index contributed by atoms with van der Waals surface area (Å²) in [5, 5.41) is 6.99. The van der Waals surface area contributed by atoms with Crippen LogP contribution in [0.25, 0.3) is 0 Å². The molecule has 0 radical (unpaired) electrons. The van der Waals surface area contributed by atoms with Gasteiger partial charge in [0.05, 0.1) is 13.3 Å². The molecule has 7 rings (SSSR count). The van der Waals surface area contributed by atoms with Crippen LogP contribution in [0.5, 0.6) is 11.5 Å². The van der Waals surface area contributed by atoms with E-state index >= 15 is 0 Å². The molecule has 0 heterocycles. The summed E-state index contributed by atoms with van der Waals surface area (Å²) >= 11 is 0. The fourth-order valence-electron chi connectivity index (χ4n) is 7.53. The van der Waals surface area contributed by atoms with Crippen molar-refractivity contribution in [2.24, 2.45) is 22.9 Å². The van der Waals surface area contributed by atoms with E-state index in [0.29, 0.717) is 28.0 Å². The number of nitrogens with one attached hydrogen (secondary N) is 2. The number of hydrogen-bond donors (Lipinski definition) is 2. The standard InChI is InChI=1S/C34H37N3O4/c1-22-3-6-27(7-4-22)33(39)37-35-20-23-5-12-30(31(16-23)40-2)41-21-32(38)36-29-10-8-28(9-11-29)34-17-24-13-25(18-34)15-26(14-24)19-34/h3-12,16,20,24-26H,13-15,17-19,21H2,1-2H3,(H,36,38)(H,37,39)/b35-20+. The Labute approximate surface area is 241 Å². The Morgan fingerprint density at radius 2 is 1.56 bits per heavy atom. The maximum absolute atomic E-state index is 12.7. The summed E-state index contributed by atoms with van der Waals surface area (Å²) in [4.78, 5) is 24.9. The highest BCUT2D eigenvalue weighted by molar-refractivity contribution is 5.95. The summed E-state index contributed by atoms with van der Waals surface area (Å²) in [7, 11) is 1.54. The first-order valence-corrected chi connectivity index (χ1v) is 14.5. The van der Waals surface area contributed by atoms with Crippen molar-refractivity contribution in [2.45, 2.75) is 50.9 Å². The van der Waals surface area contributed by atoms with Crippen molar-refractivity contribution >= 4 is 23.7 Å². The normalized spacial score (nSPS) is 24.3. The number of ether oxygens (including phenoxy) is 2. The summed E-state index contributed by atoms with van der Waals surface area (Å²) in [5.74, 6) is 3.09. The molecule has 4 fully saturated rings. The van der Waals surface area contributed by atoms with Crippen LogP contribution in [0, 0.1) is 24.7 Å². The van der Waals surface area contributed by atoms with E-state index < -0.39 is 0 Å². The van der Waals surface area contributed by atoms with Gasteiger partial charge in [0.25, 0.3) is 11.8 Å². The monoisotopic (exact) mass is 551 g/mol. The fraction of sp³-hybridized carbons (Fsp3) is 0.382. The van der Waals surface area contributed by atoms with Crippen LogP contribution < -0.4 is 20.2 Å². The Balaban J connectivity index is 1.01. The van der Waals surface area contributed by atoms with Crippen LogP contribution in [0.3, 0.4) is 0 Å². The van der Waals surface area contributed by atoms with Gasteiger partial charge in [0, 0.05) is 11.3 Å². The molecular formula is C34H37N3O4. The number of rotatable bonds is 9. The van der Waals surface area contributed by atoms with E-state index in [1.54, 1.807) is 30.3 Å². The molecular weight excluding hydrogens is 514 g/mol. The van der Waals surface area contributed by atoms with Crippen LogP contribution in [0.2, 0.25) is 0 Å². The van der Waals surface area contributed by atoms with Crippen molar-refractivity contribution in [3.8, 4) is 11.5 Å². The lowest BCUT2D eigenvalue weighted by molar-refractivity contribution is -0.118. The average Bonchev–Trinajstić information content (AvgIpc) is 2.96. The number of anilines is 1. The fourth-order valence-corrected chi connectivity index (χ4v) is 7.53. The molecule has 212 valence electrons. The highest BCUT2D eigenvalue weighted by atomic mass is 16.5. The summed E-state index contributed by atoms with van der Waals surface area (Å²) in [6.45, 7) is 1.82. The van der Waals surface area contributed by atoms with Crippen molar-refractivity contribution < 1.29 is 19.1 Å². The highest BCUT2D eigenvalue weighted by Gasteiger charge is 2.51. The van der Waals surface area contributed by atoms with Crippen LogP contribution in [0.15, 0.2) is 71.8 Å². The second kappa shape index (κ2) is 11.4. The van der Waals surface area contributed by atoms with Gasteiger partial charge in [-0.15, -0.1) is 0 Å². The Bertz CT molecular complexity index is 1410. The first-order valence-electron chi connectivity index (χ1n) is 14.5. The molecule has 2 N–H and O–H groups in total. The van der Waals surface area contributed by atoms with Crippen LogP contribution in [-0.4, -0.2) is 31.7 Å². The zero-order valence-electron chi connectivity index (χ0n) is 23.7. The maximum Gasteiger partial charge on any atom is 0.271 e. The number of hydrazone groups is 1. The quantitative estimate of drug-likeness (QED) is 0.243. The van der Waals surface area contributed by atoms with Crippen LogP contribution in [-0.2, 0) is 10.2 Å². The predicted octanol–water partition coefficient (Wildman–Crippen LogP) is 6.25. The number of aryl methyl sites for hydroxylation is 1. The lowest BCUT2D eigenvalue weighted by Crippen LogP contribution is -2.48. The summed E-state index contributed by atoms with van der Waals surface area (Å²) in [5.41, 5.74) is 7.41. The first kappa shape index (κ1) is 27.1. The van der Waals surface area contributed by atoms with Gasteiger partial charge in [-0.25, -0.2) is 5.43 Å². The zero-order chi connectivity index (χ0) is 28.4. The Hall–Kier alpha value is -4.13. The van der Waals surface area contributed by atoms with E-state index in [1.165, 1.54) is 57.4 Å². The van der Waals surface area contributed by atoms with Crippen LogP contribution in [0.1, 0.15) is 65.6 Å². The van der Waals surface area contributed by atoms with E-state index in [9.17, 15) is 9.59 Å². The van der Waals surface area contributed by atoms with Crippen molar-refractivity contribution in [3.05, 3.63) is 89.0 Å². The third-order valence-corrected chi connectivity index (χ3v) is 9.06. The van der Waals surface area contributed by atoms with Crippen molar-refractivity contribution in [2.75, 3.05) is 19.0 Å². The van der Waals surface area contributed by atoms with E-state index in [2.05, 4.69) is 28.0 Å². The lowest BCUT2D eigenvalue weighted by Gasteiger charge is -2.57. The van der Waals surface area contributed by atoms with E-state index in [-0.39, 0.29) is 18.4 Å². The molecule has 4 saturated carbocycles. The van der Waals surface area contributed by atoms with Crippen LogP contribution in [0.4, 0.5) is 5.69 Å². The number of nitrogens with zero attached hydrogens (tertiary/aromatic N) is 1. The molecule has 7 nitrogen and oxygen atoms in total. The van der Waals surface area contributed by atoms with Gasteiger partial charge in [0.2, 0.25) is 0 Å². The molecule has 4 aliphatic carbocycles. The molecule has 41 heavy (non-hydrogen) atoms. The average molecular weight is 552 g/mol. The summed E-state index contributed by atoms with van der Waals surface area (Å²) in [6.07, 6.45) is 9.80.